The first-order chi connectivity index (χ1) is 13.7. The van der Waals surface area contributed by atoms with Gasteiger partial charge in [-0.15, -0.1) is 13.2 Å². The van der Waals surface area contributed by atoms with Crippen LogP contribution >= 0.6 is 0 Å². The first kappa shape index (κ1) is 21.8. The van der Waals surface area contributed by atoms with Crippen LogP contribution < -0.4 is 10.9 Å². The Balaban J connectivity index is 1.69. The fraction of sp³-hybridized carbons (Fsp3) is 0.700. The number of nitrogens with one attached hydrogen (secondary N) is 2. The lowest BCUT2D eigenvalue weighted by molar-refractivity contribution is -0.347. The first-order valence-corrected chi connectivity index (χ1v) is 10.1. The predicted octanol–water partition coefficient (Wildman–Crippen LogP) is 3.98. The SMILES string of the molecule is CC1CCC(OC2CCC(OC(F)(F)F)CC2C(=O)Nc2cc[nH]c(=O)c2)CC1. The highest BCUT2D eigenvalue weighted by molar-refractivity contribution is 5.92. The van der Waals surface area contributed by atoms with Gasteiger partial charge in [0.2, 0.25) is 11.5 Å². The Morgan fingerprint density at radius 1 is 1.14 bits per heavy atom. The van der Waals surface area contributed by atoms with E-state index in [-0.39, 0.29) is 24.5 Å². The average molecular weight is 416 g/mol. The Hall–Kier alpha value is -1.87. The molecule has 2 saturated carbocycles. The van der Waals surface area contributed by atoms with Crippen molar-refractivity contribution in [2.75, 3.05) is 5.32 Å². The Kier molecular flexibility index (Phi) is 7.00. The summed E-state index contributed by atoms with van der Waals surface area (Å²) in [4.78, 5) is 26.7. The maximum atomic E-state index is 12.9. The van der Waals surface area contributed by atoms with Crippen molar-refractivity contribution in [2.24, 2.45) is 11.8 Å². The van der Waals surface area contributed by atoms with Gasteiger partial charge >= 0.3 is 6.36 Å². The molecule has 0 aliphatic heterocycles. The molecule has 3 atom stereocenters. The summed E-state index contributed by atoms with van der Waals surface area (Å²) in [6.45, 7) is 2.19. The molecule has 1 aromatic rings. The largest absolute Gasteiger partial charge is 0.522 e. The lowest BCUT2D eigenvalue weighted by Gasteiger charge is -2.38. The number of amides is 1. The van der Waals surface area contributed by atoms with Crippen LogP contribution in [0.1, 0.15) is 51.9 Å². The van der Waals surface area contributed by atoms with Gasteiger partial charge in [0.15, 0.2) is 0 Å². The van der Waals surface area contributed by atoms with Gasteiger partial charge in [-0.05, 0) is 56.9 Å². The van der Waals surface area contributed by atoms with Crippen LogP contribution in [0.15, 0.2) is 23.1 Å². The third-order valence-corrected chi connectivity index (χ3v) is 5.75. The standard InChI is InChI=1S/C20H27F3N2O4/c1-12-2-4-14(5-3-12)28-17-7-6-15(29-20(21,22)23)11-16(17)19(27)25-13-8-9-24-18(26)10-13/h8-10,12,14-17H,2-7,11H2,1H3,(H2,24,25,26,27). The maximum Gasteiger partial charge on any atom is 0.522 e. The number of carbonyl (C=O) groups is 1. The summed E-state index contributed by atoms with van der Waals surface area (Å²) in [5.74, 6) is -0.601. The van der Waals surface area contributed by atoms with Crippen molar-refractivity contribution in [1.82, 2.24) is 4.98 Å². The zero-order chi connectivity index (χ0) is 21.0. The molecule has 1 amide bonds. The van der Waals surface area contributed by atoms with Crippen molar-refractivity contribution in [3.05, 3.63) is 28.7 Å². The Bertz CT molecular complexity index is 744. The van der Waals surface area contributed by atoms with Gasteiger partial charge < -0.3 is 15.0 Å². The van der Waals surface area contributed by atoms with Crippen LogP contribution in [0.3, 0.4) is 0 Å². The third-order valence-electron chi connectivity index (χ3n) is 5.75. The zero-order valence-corrected chi connectivity index (χ0v) is 16.3. The summed E-state index contributed by atoms with van der Waals surface area (Å²) in [5.41, 5.74) is -0.0864. The van der Waals surface area contributed by atoms with Crippen molar-refractivity contribution >= 4 is 11.6 Å². The van der Waals surface area contributed by atoms with E-state index in [1.807, 2.05) is 0 Å². The fourth-order valence-corrected chi connectivity index (χ4v) is 4.21. The highest BCUT2D eigenvalue weighted by atomic mass is 19.4. The molecule has 6 nitrogen and oxygen atoms in total. The van der Waals surface area contributed by atoms with Gasteiger partial charge in [0, 0.05) is 18.0 Å². The van der Waals surface area contributed by atoms with E-state index in [0.29, 0.717) is 18.0 Å². The van der Waals surface area contributed by atoms with Crippen molar-refractivity contribution in [3.63, 3.8) is 0 Å². The fourth-order valence-electron chi connectivity index (χ4n) is 4.21. The quantitative estimate of drug-likeness (QED) is 0.761. The van der Waals surface area contributed by atoms with E-state index in [1.54, 1.807) is 0 Å². The van der Waals surface area contributed by atoms with Gasteiger partial charge in [-0.2, -0.15) is 0 Å². The second-order valence-corrected chi connectivity index (χ2v) is 8.09. The molecule has 2 aliphatic rings. The minimum atomic E-state index is -4.74. The van der Waals surface area contributed by atoms with Crippen molar-refractivity contribution < 1.29 is 27.4 Å². The van der Waals surface area contributed by atoms with E-state index in [4.69, 9.17) is 4.74 Å². The van der Waals surface area contributed by atoms with E-state index < -0.39 is 30.4 Å². The zero-order valence-electron chi connectivity index (χ0n) is 16.3. The van der Waals surface area contributed by atoms with Crippen LogP contribution in [0.4, 0.5) is 18.9 Å². The highest BCUT2D eigenvalue weighted by Crippen LogP contribution is 2.36. The average Bonchev–Trinajstić information content (AvgIpc) is 2.63. The highest BCUT2D eigenvalue weighted by Gasteiger charge is 2.42. The van der Waals surface area contributed by atoms with E-state index in [0.717, 1.165) is 25.7 Å². The predicted molar refractivity (Wildman–Crippen MR) is 100 cm³/mol. The summed E-state index contributed by atoms with van der Waals surface area (Å²) in [6.07, 6.45) is -0.597. The van der Waals surface area contributed by atoms with Crippen molar-refractivity contribution in [1.29, 1.82) is 0 Å². The number of aromatic nitrogens is 1. The molecule has 162 valence electrons. The minimum absolute atomic E-state index is 0.0196. The second kappa shape index (κ2) is 9.30. The van der Waals surface area contributed by atoms with Crippen LogP contribution in [0.5, 0.6) is 0 Å². The number of ether oxygens (including phenoxy) is 2. The molecule has 9 heteroatoms. The molecule has 0 radical (unpaired) electrons. The number of alkyl halides is 3. The number of anilines is 1. The van der Waals surface area contributed by atoms with Crippen LogP contribution in [0.2, 0.25) is 0 Å². The van der Waals surface area contributed by atoms with Gasteiger partial charge in [0.25, 0.3) is 0 Å². The van der Waals surface area contributed by atoms with Gasteiger partial charge in [-0.3, -0.25) is 14.3 Å². The molecular formula is C20H27F3N2O4. The van der Waals surface area contributed by atoms with E-state index in [2.05, 4.69) is 22.0 Å². The lowest BCUT2D eigenvalue weighted by atomic mass is 9.82. The summed E-state index contributed by atoms with van der Waals surface area (Å²) < 4.78 is 48.4. The Labute approximate surface area is 167 Å². The van der Waals surface area contributed by atoms with Crippen molar-refractivity contribution in [2.45, 2.75) is 76.5 Å². The molecule has 3 rings (SSSR count). The molecule has 29 heavy (non-hydrogen) atoms. The van der Waals surface area contributed by atoms with E-state index in [9.17, 15) is 22.8 Å². The Morgan fingerprint density at radius 3 is 2.48 bits per heavy atom. The van der Waals surface area contributed by atoms with Crippen LogP contribution in [0.25, 0.3) is 0 Å². The monoisotopic (exact) mass is 416 g/mol. The van der Waals surface area contributed by atoms with Gasteiger partial charge in [-0.25, -0.2) is 0 Å². The normalized spacial score (nSPS) is 30.7. The lowest BCUT2D eigenvalue weighted by Crippen LogP contribution is -2.44. The number of rotatable bonds is 5. The van der Waals surface area contributed by atoms with Crippen LogP contribution in [-0.2, 0) is 14.3 Å². The molecule has 1 heterocycles. The molecule has 2 N–H and O–H groups in total. The summed E-state index contributed by atoms with van der Waals surface area (Å²) in [5, 5.41) is 2.63. The van der Waals surface area contributed by atoms with Crippen LogP contribution in [0, 0.1) is 11.8 Å². The number of carbonyl (C=O) groups excluding carboxylic acids is 1. The molecule has 0 spiro atoms. The Morgan fingerprint density at radius 2 is 1.83 bits per heavy atom. The topological polar surface area (TPSA) is 80.4 Å². The minimum Gasteiger partial charge on any atom is -0.374 e. The van der Waals surface area contributed by atoms with E-state index in [1.165, 1.54) is 18.3 Å². The van der Waals surface area contributed by atoms with Gasteiger partial charge in [0.05, 0.1) is 24.2 Å². The van der Waals surface area contributed by atoms with Crippen LogP contribution in [-0.4, -0.2) is 35.6 Å². The number of halogens is 3. The molecule has 0 bridgehead atoms. The molecule has 0 aromatic carbocycles. The molecule has 0 saturated heterocycles. The molecule has 1 aromatic heterocycles. The second-order valence-electron chi connectivity index (χ2n) is 8.09. The van der Waals surface area contributed by atoms with Gasteiger partial charge in [0.1, 0.15) is 0 Å². The summed E-state index contributed by atoms with van der Waals surface area (Å²) >= 11 is 0. The maximum absolute atomic E-state index is 12.9. The van der Waals surface area contributed by atoms with Gasteiger partial charge in [-0.1, -0.05) is 6.92 Å². The smallest absolute Gasteiger partial charge is 0.374 e. The molecule has 2 fully saturated rings. The number of hydrogen-bond donors (Lipinski definition) is 2. The number of pyridine rings is 1. The summed E-state index contributed by atoms with van der Waals surface area (Å²) in [6, 6.07) is 2.74. The number of H-pyrrole nitrogens is 1. The number of hydrogen-bond acceptors (Lipinski definition) is 4. The molecular weight excluding hydrogens is 389 g/mol. The molecule has 3 unspecified atom stereocenters. The third kappa shape index (κ3) is 6.57. The summed E-state index contributed by atoms with van der Waals surface area (Å²) in [7, 11) is 0. The number of aromatic amines is 1. The molecule has 2 aliphatic carbocycles. The first-order valence-electron chi connectivity index (χ1n) is 10.1. The van der Waals surface area contributed by atoms with Crippen molar-refractivity contribution in [3.8, 4) is 0 Å². The van der Waals surface area contributed by atoms with E-state index >= 15 is 0 Å².